The van der Waals surface area contributed by atoms with Crippen LogP contribution in [-0.4, -0.2) is 47.2 Å². The van der Waals surface area contributed by atoms with Crippen LogP contribution in [0.15, 0.2) is 0 Å². The minimum Gasteiger partial charge on any atom is -0.481 e. The summed E-state index contributed by atoms with van der Waals surface area (Å²) >= 11 is 0. The van der Waals surface area contributed by atoms with E-state index in [1.807, 2.05) is 0 Å². The number of hydrogen-bond donors (Lipinski definition) is 2. The van der Waals surface area contributed by atoms with Crippen LogP contribution in [0.4, 0.5) is 0 Å². The summed E-state index contributed by atoms with van der Waals surface area (Å²) in [6.07, 6.45) is 5.51. The first kappa shape index (κ1) is 11.9. The molecule has 1 saturated carbocycles. The second-order valence-electron chi connectivity index (χ2n) is 5.19. The standard InChI is InChI=1S/C12H22N2O2/c1-9-7-13-10(6-12(15)16)8-14(9)11-4-2-3-5-11/h9-11,13H,2-8H2,1H3,(H,15,16). The number of aliphatic carboxylic acids is 1. The molecule has 2 unspecified atom stereocenters. The van der Waals surface area contributed by atoms with Gasteiger partial charge in [-0.05, 0) is 19.8 Å². The largest absolute Gasteiger partial charge is 0.481 e. The monoisotopic (exact) mass is 226 g/mol. The fourth-order valence-electron chi connectivity index (χ4n) is 3.05. The lowest BCUT2D eigenvalue weighted by Gasteiger charge is -2.42. The van der Waals surface area contributed by atoms with Crippen LogP contribution in [0.1, 0.15) is 39.0 Å². The Labute approximate surface area is 97.0 Å². The van der Waals surface area contributed by atoms with E-state index in [0.717, 1.165) is 13.1 Å². The molecule has 1 aliphatic carbocycles. The van der Waals surface area contributed by atoms with E-state index in [2.05, 4.69) is 17.1 Å². The molecule has 16 heavy (non-hydrogen) atoms. The van der Waals surface area contributed by atoms with Crippen molar-refractivity contribution in [3.05, 3.63) is 0 Å². The first-order chi connectivity index (χ1) is 7.66. The number of hydrogen-bond acceptors (Lipinski definition) is 3. The van der Waals surface area contributed by atoms with Gasteiger partial charge < -0.3 is 10.4 Å². The Morgan fingerprint density at radius 2 is 2.12 bits per heavy atom. The van der Waals surface area contributed by atoms with Gasteiger partial charge in [-0.3, -0.25) is 9.69 Å². The molecule has 0 aromatic carbocycles. The van der Waals surface area contributed by atoms with Crippen molar-refractivity contribution >= 4 is 5.97 Å². The summed E-state index contributed by atoms with van der Waals surface area (Å²) in [6.45, 7) is 4.06. The lowest BCUT2D eigenvalue weighted by atomic mass is 10.0. The smallest absolute Gasteiger partial charge is 0.304 e. The summed E-state index contributed by atoms with van der Waals surface area (Å²) in [5, 5.41) is 12.2. The van der Waals surface area contributed by atoms with Gasteiger partial charge in [-0.1, -0.05) is 12.8 Å². The van der Waals surface area contributed by atoms with Gasteiger partial charge >= 0.3 is 5.97 Å². The fraction of sp³-hybridized carbons (Fsp3) is 0.917. The van der Waals surface area contributed by atoms with E-state index >= 15 is 0 Å². The van der Waals surface area contributed by atoms with Crippen molar-refractivity contribution in [3.8, 4) is 0 Å². The van der Waals surface area contributed by atoms with Crippen LogP contribution in [0.2, 0.25) is 0 Å². The van der Waals surface area contributed by atoms with Crippen LogP contribution < -0.4 is 5.32 Å². The first-order valence-corrected chi connectivity index (χ1v) is 6.37. The number of carboxylic acid groups (broad SMARTS) is 1. The van der Waals surface area contributed by atoms with E-state index < -0.39 is 5.97 Å². The van der Waals surface area contributed by atoms with Crippen LogP contribution in [0, 0.1) is 0 Å². The van der Waals surface area contributed by atoms with Gasteiger partial charge in [0.05, 0.1) is 6.42 Å². The Kier molecular flexibility index (Phi) is 3.82. The molecule has 1 saturated heterocycles. The predicted molar refractivity (Wildman–Crippen MR) is 62.5 cm³/mol. The molecule has 2 aliphatic rings. The van der Waals surface area contributed by atoms with E-state index in [-0.39, 0.29) is 12.5 Å². The average molecular weight is 226 g/mol. The molecule has 2 N–H and O–H groups in total. The van der Waals surface area contributed by atoms with Crippen LogP contribution in [0.25, 0.3) is 0 Å². The van der Waals surface area contributed by atoms with Gasteiger partial charge in [0.15, 0.2) is 0 Å². The second-order valence-corrected chi connectivity index (χ2v) is 5.19. The molecule has 4 heteroatoms. The number of nitrogens with one attached hydrogen (secondary N) is 1. The third-order valence-electron chi connectivity index (χ3n) is 3.91. The molecule has 2 rings (SSSR count). The third-order valence-corrected chi connectivity index (χ3v) is 3.91. The molecule has 0 aromatic rings. The molecule has 4 nitrogen and oxygen atoms in total. The Bertz CT molecular complexity index is 251. The molecule has 0 aromatic heterocycles. The van der Waals surface area contributed by atoms with Crippen LogP contribution in [-0.2, 0) is 4.79 Å². The predicted octanol–water partition coefficient (Wildman–Crippen LogP) is 1.07. The van der Waals surface area contributed by atoms with Crippen molar-refractivity contribution in [3.63, 3.8) is 0 Å². The summed E-state index contributed by atoms with van der Waals surface area (Å²) in [4.78, 5) is 13.2. The highest BCUT2D eigenvalue weighted by atomic mass is 16.4. The highest BCUT2D eigenvalue weighted by Crippen LogP contribution is 2.26. The summed E-state index contributed by atoms with van der Waals surface area (Å²) in [6, 6.07) is 1.39. The molecule has 1 heterocycles. The van der Waals surface area contributed by atoms with E-state index in [4.69, 9.17) is 5.11 Å². The Morgan fingerprint density at radius 1 is 1.44 bits per heavy atom. The van der Waals surface area contributed by atoms with Gasteiger partial charge in [-0.15, -0.1) is 0 Å². The van der Waals surface area contributed by atoms with E-state index in [1.165, 1.54) is 25.7 Å². The maximum atomic E-state index is 10.7. The maximum Gasteiger partial charge on any atom is 0.304 e. The molecule has 2 fully saturated rings. The quantitative estimate of drug-likeness (QED) is 0.755. The van der Waals surface area contributed by atoms with Crippen LogP contribution >= 0.6 is 0 Å². The van der Waals surface area contributed by atoms with Gasteiger partial charge in [-0.2, -0.15) is 0 Å². The summed E-state index contributed by atoms with van der Waals surface area (Å²) < 4.78 is 0. The van der Waals surface area contributed by atoms with Crippen molar-refractivity contribution < 1.29 is 9.90 Å². The third kappa shape index (κ3) is 2.74. The Balaban J connectivity index is 1.91. The van der Waals surface area contributed by atoms with Crippen LogP contribution in [0.3, 0.4) is 0 Å². The molecule has 1 aliphatic heterocycles. The van der Waals surface area contributed by atoms with Crippen LogP contribution in [0.5, 0.6) is 0 Å². The van der Waals surface area contributed by atoms with Crippen molar-refractivity contribution in [1.29, 1.82) is 0 Å². The molecule has 0 bridgehead atoms. The van der Waals surface area contributed by atoms with Gasteiger partial charge in [0.2, 0.25) is 0 Å². The number of nitrogens with zero attached hydrogens (tertiary/aromatic N) is 1. The molecule has 0 spiro atoms. The second kappa shape index (κ2) is 5.15. The number of rotatable bonds is 3. The average Bonchev–Trinajstić information content (AvgIpc) is 2.73. The summed E-state index contributed by atoms with van der Waals surface area (Å²) in [7, 11) is 0. The molecular weight excluding hydrogens is 204 g/mol. The molecule has 0 amide bonds. The van der Waals surface area contributed by atoms with Gasteiger partial charge in [0.25, 0.3) is 0 Å². The summed E-state index contributed by atoms with van der Waals surface area (Å²) in [5.41, 5.74) is 0. The molecular formula is C12H22N2O2. The molecule has 2 atom stereocenters. The maximum absolute atomic E-state index is 10.7. The molecule has 92 valence electrons. The van der Waals surface area contributed by atoms with E-state index in [9.17, 15) is 4.79 Å². The minimum atomic E-state index is -0.696. The zero-order valence-electron chi connectivity index (χ0n) is 9.98. The zero-order valence-corrected chi connectivity index (χ0v) is 9.98. The van der Waals surface area contributed by atoms with Crippen molar-refractivity contribution in [2.75, 3.05) is 13.1 Å². The fourth-order valence-corrected chi connectivity index (χ4v) is 3.05. The van der Waals surface area contributed by atoms with Crippen molar-refractivity contribution in [1.82, 2.24) is 10.2 Å². The Hall–Kier alpha value is -0.610. The lowest BCUT2D eigenvalue weighted by molar-refractivity contribution is -0.138. The molecule has 0 radical (unpaired) electrons. The van der Waals surface area contributed by atoms with Gasteiger partial charge in [0.1, 0.15) is 0 Å². The van der Waals surface area contributed by atoms with Crippen molar-refractivity contribution in [2.24, 2.45) is 0 Å². The van der Waals surface area contributed by atoms with E-state index in [0.29, 0.717) is 12.1 Å². The zero-order chi connectivity index (χ0) is 11.5. The minimum absolute atomic E-state index is 0.134. The van der Waals surface area contributed by atoms with E-state index in [1.54, 1.807) is 0 Å². The highest BCUT2D eigenvalue weighted by Gasteiger charge is 2.32. The Morgan fingerprint density at radius 3 is 2.75 bits per heavy atom. The number of piperazine rings is 1. The number of carbonyl (C=O) groups is 1. The van der Waals surface area contributed by atoms with Crippen molar-refractivity contribution in [2.45, 2.75) is 57.2 Å². The summed E-state index contributed by atoms with van der Waals surface area (Å²) in [5.74, 6) is -0.696. The van der Waals surface area contributed by atoms with Gasteiger partial charge in [0, 0.05) is 31.2 Å². The SMILES string of the molecule is CC1CNC(CC(=O)O)CN1C1CCCC1. The topological polar surface area (TPSA) is 52.6 Å². The number of carboxylic acids is 1. The van der Waals surface area contributed by atoms with Gasteiger partial charge in [-0.25, -0.2) is 0 Å². The highest BCUT2D eigenvalue weighted by molar-refractivity contribution is 5.67. The lowest BCUT2D eigenvalue weighted by Crippen LogP contribution is -2.58. The normalized spacial score (nSPS) is 33.1. The first-order valence-electron chi connectivity index (χ1n) is 6.37.